The maximum atomic E-state index is 12.7. The van der Waals surface area contributed by atoms with Crippen LogP contribution in [0.15, 0.2) is 11.1 Å². The maximum absolute atomic E-state index is 12.7. The van der Waals surface area contributed by atoms with Gasteiger partial charge in [-0.1, -0.05) is 0 Å². The minimum Gasteiger partial charge on any atom is -0.337 e. The van der Waals surface area contributed by atoms with Gasteiger partial charge in [0.1, 0.15) is 0 Å². The highest BCUT2D eigenvalue weighted by Crippen LogP contribution is 2.24. The maximum Gasteiger partial charge on any atom is 0.274 e. The Balaban J connectivity index is 1.59. The molecule has 2 aromatic heterocycles. The molecule has 0 unspecified atom stereocenters. The van der Waals surface area contributed by atoms with E-state index in [-0.39, 0.29) is 11.5 Å². The molecule has 1 aliphatic carbocycles. The number of aromatic nitrogens is 4. The number of carbonyl (C=O) groups excluding carboxylic acids is 1. The second-order valence-electron chi connectivity index (χ2n) is 5.83. The van der Waals surface area contributed by atoms with Crippen molar-refractivity contribution in [3.8, 4) is 0 Å². The summed E-state index contributed by atoms with van der Waals surface area (Å²) in [6, 6.07) is 0. The van der Waals surface area contributed by atoms with Gasteiger partial charge < -0.3 is 9.88 Å². The lowest BCUT2D eigenvalue weighted by Crippen LogP contribution is -2.34. The van der Waals surface area contributed by atoms with Gasteiger partial charge in [-0.05, 0) is 25.7 Å². The number of fused-ring (bicyclic) bond motifs is 2. The Morgan fingerprint density at radius 1 is 1.14 bits per heavy atom. The fourth-order valence-electron chi connectivity index (χ4n) is 3.39. The van der Waals surface area contributed by atoms with Gasteiger partial charge in [-0.2, -0.15) is 5.10 Å². The third-order valence-corrected chi connectivity index (χ3v) is 4.58. The van der Waals surface area contributed by atoms with Gasteiger partial charge >= 0.3 is 0 Å². The average molecular weight is 299 g/mol. The Bertz CT molecular complexity index is 791. The molecular formula is C15H17N5O2. The summed E-state index contributed by atoms with van der Waals surface area (Å²) in [6.07, 6.45) is 5.55. The van der Waals surface area contributed by atoms with Gasteiger partial charge in [0, 0.05) is 36.3 Å². The Kier molecular flexibility index (Phi) is 3.06. The van der Waals surface area contributed by atoms with Crippen LogP contribution >= 0.6 is 0 Å². The van der Waals surface area contributed by atoms with Crippen molar-refractivity contribution in [2.45, 2.75) is 32.1 Å². The highest BCUT2D eigenvalue weighted by Gasteiger charge is 2.28. The first-order chi connectivity index (χ1) is 10.7. The summed E-state index contributed by atoms with van der Waals surface area (Å²) in [5.74, 6) is -0.0383. The molecule has 3 heterocycles. The number of amides is 1. The lowest BCUT2D eigenvalue weighted by Gasteiger charge is -2.19. The van der Waals surface area contributed by atoms with Crippen molar-refractivity contribution in [1.29, 1.82) is 0 Å². The first-order valence-electron chi connectivity index (χ1n) is 7.65. The van der Waals surface area contributed by atoms with Crippen LogP contribution in [0.3, 0.4) is 0 Å². The number of aryl methyl sites for hydroxylation is 1. The molecule has 0 bridgehead atoms. The average Bonchev–Trinajstić information content (AvgIpc) is 3.05. The second kappa shape index (κ2) is 5.08. The molecule has 7 nitrogen and oxygen atoms in total. The van der Waals surface area contributed by atoms with Crippen molar-refractivity contribution in [3.05, 3.63) is 44.9 Å². The fourth-order valence-corrected chi connectivity index (χ4v) is 3.39. The van der Waals surface area contributed by atoms with Crippen molar-refractivity contribution < 1.29 is 4.79 Å². The molecule has 2 aromatic rings. The molecule has 0 radical (unpaired) electrons. The molecule has 0 spiro atoms. The predicted molar refractivity (Wildman–Crippen MR) is 78.8 cm³/mol. The van der Waals surface area contributed by atoms with Gasteiger partial charge in [-0.15, -0.1) is 0 Å². The summed E-state index contributed by atoms with van der Waals surface area (Å²) in [5.41, 5.74) is 4.12. The summed E-state index contributed by atoms with van der Waals surface area (Å²) in [7, 11) is 0. The van der Waals surface area contributed by atoms with Gasteiger partial charge in [-0.25, -0.2) is 4.98 Å². The molecule has 0 saturated carbocycles. The molecule has 1 aliphatic heterocycles. The number of rotatable bonds is 1. The Hall–Kier alpha value is -2.44. The number of H-pyrrole nitrogens is 2. The lowest BCUT2D eigenvalue weighted by atomic mass is 10.1. The van der Waals surface area contributed by atoms with Crippen molar-refractivity contribution in [2.75, 3.05) is 13.1 Å². The molecule has 0 aromatic carbocycles. The molecule has 7 heteroatoms. The van der Waals surface area contributed by atoms with E-state index in [0.29, 0.717) is 37.2 Å². The second-order valence-corrected chi connectivity index (χ2v) is 5.83. The van der Waals surface area contributed by atoms with Gasteiger partial charge in [0.2, 0.25) is 0 Å². The summed E-state index contributed by atoms with van der Waals surface area (Å²) in [6.45, 7) is 1.10. The Morgan fingerprint density at radius 3 is 2.91 bits per heavy atom. The molecular weight excluding hydrogens is 282 g/mol. The summed E-state index contributed by atoms with van der Waals surface area (Å²) in [4.78, 5) is 33.2. The van der Waals surface area contributed by atoms with Crippen molar-refractivity contribution in [2.24, 2.45) is 0 Å². The van der Waals surface area contributed by atoms with Crippen LogP contribution < -0.4 is 5.56 Å². The van der Waals surface area contributed by atoms with Crippen LogP contribution in [-0.4, -0.2) is 44.1 Å². The Morgan fingerprint density at radius 2 is 2.00 bits per heavy atom. The zero-order valence-electron chi connectivity index (χ0n) is 12.2. The third-order valence-electron chi connectivity index (χ3n) is 4.58. The largest absolute Gasteiger partial charge is 0.337 e. The molecule has 114 valence electrons. The minimum atomic E-state index is -0.0973. The van der Waals surface area contributed by atoms with Crippen LogP contribution in [-0.2, 0) is 25.7 Å². The zero-order chi connectivity index (χ0) is 15.1. The number of nitrogens with one attached hydrogen (secondary N) is 2. The molecule has 0 saturated heterocycles. The van der Waals surface area contributed by atoms with Crippen LogP contribution in [0.2, 0.25) is 0 Å². The van der Waals surface area contributed by atoms with E-state index in [1.54, 1.807) is 4.90 Å². The first kappa shape index (κ1) is 13.2. The first-order valence-corrected chi connectivity index (χ1v) is 7.65. The van der Waals surface area contributed by atoms with Gasteiger partial charge in [0.15, 0.2) is 5.69 Å². The molecule has 22 heavy (non-hydrogen) atoms. The highest BCUT2D eigenvalue weighted by molar-refractivity contribution is 5.94. The van der Waals surface area contributed by atoms with Crippen LogP contribution in [0.1, 0.15) is 39.4 Å². The van der Waals surface area contributed by atoms with E-state index in [0.717, 1.165) is 36.2 Å². The van der Waals surface area contributed by atoms with Crippen molar-refractivity contribution in [3.63, 3.8) is 0 Å². The predicted octanol–water partition coefficient (Wildman–Crippen LogP) is 0.223. The highest BCUT2D eigenvalue weighted by atomic mass is 16.2. The normalized spacial score (nSPS) is 17.0. The van der Waals surface area contributed by atoms with Gasteiger partial charge in [-0.3, -0.25) is 14.7 Å². The number of hydrogen-bond acceptors (Lipinski definition) is 4. The summed E-state index contributed by atoms with van der Waals surface area (Å²) in [5, 5.41) is 7.19. The van der Waals surface area contributed by atoms with E-state index < -0.39 is 0 Å². The third kappa shape index (κ3) is 2.04. The van der Waals surface area contributed by atoms with Crippen LogP contribution in [0.4, 0.5) is 0 Å². The number of hydrogen-bond donors (Lipinski definition) is 2. The van der Waals surface area contributed by atoms with Crippen LogP contribution in [0.5, 0.6) is 0 Å². The molecule has 4 rings (SSSR count). The van der Waals surface area contributed by atoms with Crippen molar-refractivity contribution in [1.82, 2.24) is 25.1 Å². The van der Waals surface area contributed by atoms with Crippen molar-refractivity contribution >= 4 is 5.91 Å². The monoisotopic (exact) mass is 299 g/mol. The molecule has 2 N–H and O–H groups in total. The number of aromatic amines is 2. The van der Waals surface area contributed by atoms with Gasteiger partial charge in [0.25, 0.3) is 11.5 Å². The molecule has 0 atom stereocenters. The quantitative estimate of drug-likeness (QED) is 0.787. The zero-order valence-corrected chi connectivity index (χ0v) is 12.2. The van der Waals surface area contributed by atoms with E-state index in [1.165, 1.54) is 6.33 Å². The topological polar surface area (TPSA) is 94.7 Å². The van der Waals surface area contributed by atoms with E-state index in [1.807, 2.05) is 0 Å². The fraction of sp³-hybridized carbons (Fsp3) is 0.467. The number of nitrogens with zero attached hydrogens (tertiary/aromatic N) is 3. The van der Waals surface area contributed by atoms with E-state index >= 15 is 0 Å². The smallest absolute Gasteiger partial charge is 0.274 e. The standard InChI is InChI=1S/C15H17N5O2/c21-14-10-4-6-20(7-5-11(10)16-8-17-14)15(22)13-9-2-1-3-12(9)18-19-13/h8H,1-7H2,(H,18,19)(H,16,17,21). The van der Waals surface area contributed by atoms with E-state index in [2.05, 4.69) is 20.2 Å². The van der Waals surface area contributed by atoms with Crippen LogP contribution in [0, 0.1) is 0 Å². The molecule has 2 aliphatic rings. The van der Waals surface area contributed by atoms with Crippen LogP contribution in [0.25, 0.3) is 0 Å². The SMILES string of the molecule is O=C(c1n[nH]c2c1CCC2)N1CCc2nc[nH]c(=O)c2CC1. The lowest BCUT2D eigenvalue weighted by molar-refractivity contribution is 0.0756. The summed E-state index contributed by atoms with van der Waals surface area (Å²) >= 11 is 0. The minimum absolute atomic E-state index is 0.0383. The van der Waals surface area contributed by atoms with Gasteiger partial charge in [0.05, 0.1) is 12.0 Å². The van der Waals surface area contributed by atoms with E-state index in [9.17, 15) is 9.59 Å². The molecule has 1 amide bonds. The van der Waals surface area contributed by atoms with E-state index in [4.69, 9.17) is 0 Å². The summed E-state index contributed by atoms with van der Waals surface area (Å²) < 4.78 is 0. The molecule has 0 fully saturated rings. The number of carbonyl (C=O) groups is 1. The Labute approximate surface area is 126 Å².